The zero-order valence-corrected chi connectivity index (χ0v) is 12.8. The number of fused-ring (bicyclic) bond motifs is 1. The number of halogens is 1. The number of nitrogens with zero attached hydrogens (tertiary/aromatic N) is 1. The highest BCUT2D eigenvalue weighted by molar-refractivity contribution is 6.30. The molecule has 1 amide bonds. The van der Waals surface area contributed by atoms with Crippen LogP contribution in [0, 0.1) is 0 Å². The summed E-state index contributed by atoms with van der Waals surface area (Å²) in [4.78, 5) is 16.9. The zero-order valence-electron chi connectivity index (χ0n) is 12.0. The number of aromatic nitrogens is 1. The number of ether oxygens (including phenoxy) is 1. The van der Waals surface area contributed by atoms with E-state index in [1.54, 1.807) is 6.07 Å². The molecule has 2 heterocycles. The van der Waals surface area contributed by atoms with Gasteiger partial charge in [0.05, 0.1) is 22.7 Å². The monoisotopic (exact) mass is 304 g/mol. The van der Waals surface area contributed by atoms with Crippen LogP contribution < -0.4 is 5.32 Å². The van der Waals surface area contributed by atoms with E-state index in [1.807, 2.05) is 38.1 Å². The number of carbonyl (C=O) groups is 1. The first kappa shape index (κ1) is 14.3. The summed E-state index contributed by atoms with van der Waals surface area (Å²) in [6.45, 7) is 4.65. The number of hydrogen-bond acceptors (Lipinski definition) is 3. The number of para-hydroxylation sites is 1. The van der Waals surface area contributed by atoms with Gasteiger partial charge in [0.25, 0.3) is 5.91 Å². The van der Waals surface area contributed by atoms with E-state index in [1.165, 1.54) is 0 Å². The molecule has 0 aliphatic carbocycles. The Morgan fingerprint density at radius 2 is 2.24 bits per heavy atom. The van der Waals surface area contributed by atoms with Gasteiger partial charge in [0.15, 0.2) is 0 Å². The molecule has 0 bridgehead atoms. The van der Waals surface area contributed by atoms with Crippen molar-refractivity contribution in [2.24, 2.45) is 0 Å². The Balaban J connectivity index is 1.98. The minimum absolute atomic E-state index is 0.00924. The molecule has 2 atom stereocenters. The predicted molar refractivity (Wildman–Crippen MR) is 82.7 cm³/mol. The Labute approximate surface area is 128 Å². The molecule has 4 nitrogen and oxygen atoms in total. The molecule has 1 N–H and O–H groups in total. The molecular weight excluding hydrogens is 288 g/mol. The Bertz CT molecular complexity index is 704. The molecule has 2 aromatic rings. The van der Waals surface area contributed by atoms with Gasteiger partial charge < -0.3 is 10.1 Å². The second-order valence-electron chi connectivity index (χ2n) is 5.64. The van der Waals surface area contributed by atoms with Crippen molar-refractivity contribution in [1.82, 2.24) is 10.3 Å². The molecule has 1 aliphatic rings. The highest BCUT2D eigenvalue weighted by atomic mass is 35.5. The molecule has 1 aromatic heterocycles. The van der Waals surface area contributed by atoms with Gasteiger partial charge in [0, 0.05) is 12.0 Å². The average molecular weight is 305 g/mol. The molecule has 1 aromatic carbocycles. The van der Waals surface area contributed by atoms with Crippen LogP contribution in [0.25, 0.3) is 10.9 Å². The van der Waals surface area contributed by atoms with Gasteiger partial charge in [-0.05, 0) is 32.4 Å². The van der Waals surface area contributed by atoms with Crippen LogP contribution in [0.15, 0.2) is 30.3 Å². The van der Waals surface area contributed by atoms with Crippen molar-refractivity contribution in [3.05, 3.63) is 41.0 Å². The minimum atomic E-state index is -0.353. The molecular formula is C16H17ClN2O2. The van der Waals surface area contributed by atoms with E-state index in [-0.39, 0.29) is 17.6 Å². The Kier molecular flexibility index (Phi) is 3.59. The second kappa shape index (κ2) is 5.28. The Morgan fingerprint density at radius 1 is 1.48 bits per heavy atom. The van der Waals surface area contributed by atoms with Crippen LogP contribution in [0.2, 0.25) is 5.15 Å². The van der Waals surface area contributed by atoms with Crippen molar-refractivity contribution in [1.29, 1.82) is 0 Å². The number of pyridine rings is 1. The lowest BCUT2D eigenvalue weighted by atomic mass is 9.94. The lowest BCUT2D eigenvalue weighted by Crippen LogP contribution is -2.50. The van der Waals surface area contributed by atoms with Crippen molar-refractivity contribution in [3.8, 4) is 0 Å². The van der Waals surface area contributed by atoms with Gasteiger partial charge in [-0.3, -0.25) is 4.79 Å². The van der Waals surface area contributed by atoms with Crippen LogP contribution in [0.1, 0.15) is 30.6 Å². The van der Waals surface area contributed by atoms with Crippen LogP contribution in [0.4, 0.5) is 0 Å². The Hall–Kier alpha value is -1.65. The predicted octanol–water partition coefficient (Wildman–Crippen LogP) is 3.19. The van der Waals surface area contributed by atoms with Gasteiger partial charge in [-0.1, -0.05) is 29.8 Å². The van der Waals surface area contributed by atoms with Gasteiger partial charge in [-0.2, -0.15) is 0 Å². The van der Waals surface area contributed by atoms with E-state index in [9.17, 15) is 4.79 Å². The first-order valence-electron chi connectivity index (χ1n) is 6.99. The third-order valence-electron chi connectivity index (χ3n) is 4.22. The third-order valence-corrected chi connectivity index (χ3v) is 4.41. The van der Waals surface area contributed by atoms with E-state index in [4.69, 9.17) is 16.3 Å². The maximum Gasteiger partial charge on any atom is 0.252 e. The van der Waals surface area contributed by atoms with Crippen molar-refractivity contribution < 1.29 is 9.53 Å². The molecule has 0 spiro atoms. The molecule has 1 saturated heterocycles. The van der Waals surface area contributed by atoms with Crippen LogP contribution in [-0.4, -0.2) is 29.1 Å². The number of rotatable bonds is 2. The van der Waals surface area contributed by atoms with Crippen molar-refractivity contribution in [3.63, 3.8) is 0 Å². The van der Waals surface area contributed by atoms with E-state index >= 15 is 0 Å². The topological polar surface area (TPSA) is 51.2 Å². The molecule has 2 unspecified atom stereocenters. The number of benzene rings is 1. The zero-order chi connectivity index (χ0) is 15.0. The highest BCUT2D eigenvalue weighted by Gasteiger charge is 2.38. The molecule has 1 fully saturated rings. The molecule has 110 valence electrons. The third kappa shape index (κ3) is 2.61. The molecule has 5 heteroatoms. The van der Waals surface area contributed by atoms with Crippen LogP contribution in [0.5, 0.6) is 0 Å². The normalized spacial score (nSPS) is 25.2. The highest BCUT2D eigenvalue weighted by Crippen LogP contribution is 2.27. The maximum atomic E-state index is 12.7. The molecule has 3 rings (SSSR count). The molecule has 0 saturated carbocycles. The first-order chi connectivity index (χ1) is 9.99. The lowest BCUT2D eigenvalue weighted by molar-refractivity contribution is 0.0728. The quantitative estimate of drug-likeness (QED) is 0.867. The second-order valence-corrected chi connectivity index (χ2v) is 6.03. The first-order valence-corrected chi connectivity index (χ1v) is 7.37. The van der Waals surface area contributed by atoms with Gasteiger partial charge in [0.1, 0.15) is 5.15 Å². The summed E-state index contributed by atoms with van der Waals surface area (Å²) >= 11 is 6.03. The van der Waals surface area contributed by atoms with Crippen molar-refractivity contribution in [2.75, 3.05) is 6.61 Å². The number of amides is 1. The van der Waals surface area contributed by atoms with Crippen LogP contribution in [0.3, 0.4) is 0 Å². The van der Waals surface area contributed by atoms with E-state index in [0.717, 1.165) is 17.3 Å². The average Bonchev–Trinajstić information content (AvgIpc) is 2.77. The van der Waals surface area contributed by atoms with E-state index in [2.05, 4.69) is 10.3 Å². The standard InChI is InChI=1S/C16H17ClN2O2/c1-10-16(2,7-8-21-10)19-15(20)12-9-14(17)18-13-6-4-3-5-11(12)13/h3-6,9-10H,7-8H2,1-2H3,(H,19,20). The lowest BCUT2D eigenvalue weighted by Gasteiger charge is -2.29. The number of nitrogens with one attached hydrogen (secondary N) is 1. The van der Waals surface area contributed by atoms with Gasteiger partial charge >= 0.3 is 0 Å². The maximum absolute atomic E-state index is 12.7. The molecule has 0 radical (unpaired) electrons. The van der Waals surface area contributed by atoms with Gasteiger partial charge in [-0.15, -0.1) is 0 Å². The summed E-state index contributed by atoms with van der Waals surface area (Å²) in [6.07, 6.45) is 0.793. The summed E-state index contributed by atoms with van der Waals surface area (Å²) in [5, 5.41) is 4.21. The van der Waals surface area contributed by atoms with Crippen LogP contribution in [-0.2, 0) is 4.74 Å². The number of hydrogen-bond donors (Lipinski definition) is 1. The van der Waals surface area contributed by atoms with Crippen molar-refractivity contribution >= 4 is 28.4 Å². The Morgan fingerprint density at radius 3 is 2.95 bits per heavy atom. The van der Waals surface area contributed by atoms with Gasteiger partial charge in [0.2, 0.25) is 0 Å². The van der Waals surface area contributed by atoms with Gasteiger partial charge in [-0.25, -0.2) is 4.98 Å². The van der Waals surface area contributed by atoms with Crippen molar-refractivity contribution in [2.45, 2.75) is 31.9 Å². The number of carbonyl (C=O) groups excluding carboxylic acids is 1. The fourth-order valence-corrected chi connectivity index (χ4v) is 2.86. The fourth-order valence-electron chi connectivity index (χ4n) is 2.66. The molecule has 21 heavy (non-hydrogen) atoms. The smallest absolute Gasteiger partial charge is 0.252 e. The van der Waals surface area contributed by atoms with E-state index < -0.39 is 0 Å². The summed E-state index contributed by atoms with van der Waals surface area (Å²) in [5.41, 5.74) is 0.912. The minimum Gasteiger partial charge on any atom is -0.376 e. The fraction of sp³-hybridized carbons (Fsp3) is 0.375. The van der Waals surface area contributed by atoms with Crippen LogP contribution >= 0.6 is 11.6 Å². The summed E-state index contributed by atoms with van der Waals surface area (Å²) in [7, 11) is 0. The summed E-state index contributed by atoms with van der Waals surface area (Å²) in [6, 6.07) is 9.10. The van der Waals surface area contributed by atoms with E-state index in [0.29, 0.717) is 17.3 Å². The largest absolute Gasteiger partial charge is 0.376 e. The summed E-state index contributed by atoms with van der Waals surface area (Å²) in [5.74, 6) is -0.143. The molecule has 1 aliphatic heterocycles. The summed E-state index contributed by atoms with van der Waals surface area (Å²) < 4.78 is 5.56. The SMILES string of the molecule is CC1OCCC1(C)NC(=O)c1cc(Cl)nc2ccccc12.